The van der Waals surface area contributed by atoms with Crippen LogP contribution in [0.25, 0.3) is 5.57 Å². The Morgan fingerprint density at radius 1 is 1.77 bits per heavy atom. The van der Waals surface area contributed by atoms with Crippen LogP contribution < -0.4 is 0 Å². The molecule has 72 valence electrons. The molecule has 0 bridgehead atoms. The van der Waals surface area contributed by atoms with E-state index in [-0.39, 0.29) is 0 Å². The zero-order valence-corrected chi connectivity index (χ0v) is 10.1. The van der Waals surface area contributed by atoms with Crippen molar-refractivity contribution < 1.29 is 0 Å². The normalized spacial score (nSPS) is 12.2. The Balaban J connectivity index is 2.93. The van der Waals surface area contributed by atoms with Gasteiger partial charge in [0.1, 0.15) is 0 Å². The van der Waals surface area contributed by atoms with E-state index in [0.29, 0.717) is 5.88 Å². The third-order valence-electron chi connectivity index (χ3n) is 1.83. The highest BCUT2D eigenvalue weighted by Gasteiger charge is 2.06. The maximum Gasteiger partial charge on any atom is 0.0774 e. The van der Waals surface area contributed by atoms with Crippen LogP contribution in [-0.4, -0.2) is 15.7 Å². The topological polar surface area (TPSA) is 17.8 Å². The third-order valence-corrected chi connectivity index (χ3v) is 2.63. The average Bonchev–Trinajstić information content (AvgIpc) is 2.42. The molecule has 0 N–H and O–H groups in total. The Morgan fingerprint density at radius 2 is 2.46 bits per heavy atom. The summed E-state index contributed by atoms with van der Waals surface area (Å²) >= 11 is 9.06. The van der Waals surface area contributed by atoms with Gasteiger partial charge in [-0.15, -0.1) is 11.6 Å². The van der Waals surface area contributed by atoms with Crippen molar-refractivity contribution in [1.29, 1.82) is 0 Å². The second-order valence-electron chi connectivity index (χ2n) is 2.83. The van der Waals surface area contributed by atoms with Crippen LogP contribution in [0.3, 0.4) is 0 Å². The zero-order chi connectivity index (χ0) is 9.84. The van der Waals surface area contributed by atoms with Gasteiger partial charge in [0.2, 0.25) is 0 Å². The first kappa shape index (κ1) is 10.8. The van der Waals surface area contributed by atoms with E-state index in [1.165, 1.54) is 5.57 Å². The molecule has 0 radical (unpaired) electrons. The molecule has 2 nitrogen and oxygen atoms in total. The summed E-state index contributed by atoms with van der Waals surface area (Å²) in [5, 5.41) is 4.14. The van der Waals surface area contributed by atoms with Crippen LogP contribution in [0.1, 0.15) is 19.0 Å². The highest BCUT2D eigenvalue weighted by atomic mass is 79.9. The van der Waals surface area contributed by atoms with Gasteiger partial charge >= 0.3 is 0 Å². The first-order chi connectivity index (χ1) is 6.16. The fourth-order valence-electron chi connectivity index (χ4n) is 1.22. The molecular weight excluding hydrogens is 251 g/mol. The molecule has 0 spiro atoms. The highest BCUT2D eigenvalue weighted by molar-refractivity contribution is 9.10. The van der Waals surface area contributed by atoms with Crippen molar-refractivity contribution in [3.05, 3.63) is 22.4 Å². The number of hydrogen-bond acceptors (Lipinski definition) is 1. The minimum atomic E-state index is 0.660. The summed E-state index contributed by atoms with van der Waals surface area (Å²) < 4.78 is 2.88. The van der Waals surface area contributed by atoms with E-state index in [2.05, 4.69) is 34.0 Å². The molecule has 1 aromatic rings. The molecule has 1 rings (SSSR count). The molecule has 13 heavy (non-hydrogen) atoms. The fraction of sp³-hybridized carbons (Fsp3) is 0.444. The lowest BCUT2D eigenvalue weighted by atomic mass is 10.2. The van der Waals surface area contributed by atoms with E-state index < -0.39 is 0 Å². The minimum absolute atomic E-state index is 0.660. The van der Waals surface area contributed by atoms with Gasteiger partial charge in [-0.25, -0.2) is 0 Å². The summed E-state index contributed by atoms with van der Waals surface area (Å²) in [4.78, 5) is 0. The highest BCUT2D eigenvalue weighted by Crippen LogP contribution is 2.23. The fourth-order valence-corrected chi connectivity index (χ4v) is 1.99. The van der Waals surface area contributed by atoms with Crippen LogP contribution in [0.4, 0.5) is 0 Å². The van der Waals surface area contributed by atoms with Crippen molar-refractivity contribution in [1.82, 2.24) is 9.78 Å². The molecule has 4 heteroatoms. The van der Waals surface area contributed by atoms with Crippen LogP contribution in [-0.2, 0) is 7.05 Å². The van der Waals surface area contributed by atoms with Gasteiger partial charge in [0, 0.05) is 12.9 Å². The minimum Gasteiger partial charge on any atom is -0.267 e. The van der Waals surface area contributed by atoms with Gasteiger partial charge in [0.25, 0.3) is 0 Å². The standard InChI is InChI=1S/C9H12BrClN2/c1-7(4-3-5-11)9-8(10)6-12-13(9)2/h4,6H,3,5H2,1-2H3/b7-4+. The van der Waals surface area contributed by atoms with Crippen molar-refractivity contribution in [3.8, 4) is 0 Å². The molecule has 1 aromatic heterocycles. The third kappa shape index (κ3) is 2.58. The smallest absolute Gasteiger partial charge is 0.0774 e. The Bertz CT molecular complexity index is 298. The van der Waals surface area contributed by atoms with Gasteiger partial charge in [0.05, 0.1) is 16.4 Å². The lowest BCUT2D eigenvalue weighted by Crippen LogP contribution is -1.96. The molecule has 0 unspecified atom stereocenters. The van der Waals surface area contributed by atoms with E-state index in [9.17, 15) is 0 Å². The molecule has 0 saturated heterocycles. The van der Waals surface area contributed by atoms with Crippen LogP contribution >= 0.6 is 27.5 Å². The molecule has 0 saturated carbocycles. The lowest BCUT2D eigenvalue weighted by molar-refractivity contribution is 0.755. The molecule has 0 atom stereocenters. The number of alkyl halides is 1. The van der Waals surface area contributed by atoms with Crippen molar-refractivity contribution in [2.24, 2.45) is 7.05 Å². The number of aromatic nitrogens is 2. The molecule has 1 heterocycles. The zero-order valence-electron chi connectivity index (χ0n) is 7.72. The van der Waals surface area contributed by atoms with E-state index in [0.717, 1.165) is 16.6 Å². The van der Waals surface area contributed by atoms with E-state index in [1.54, 1.807) is 6.20 Å². The van der Waals surface area contributed by atoms with Gasteiger partial charge in [-0.1, -0.05) is 6.08 Å². The molecule has 0 aromatic carbocycles. The van der Waals surface area contributed by atoms with Gasteiger partial charge in [-0.3, -0.25) is 4.68 Å². The molecule has 0 fully saturated rings. The quantitative estimate of drug-likeness (QED) is 0.766. The second kappa shape index (κ2) is 4.82. The molecule has 0 amide bonds. The predicted molar refractivity (Wildman–Crippen MR) is 59.9 cm³/mol. The number of nitrogens with zero attached hydrogens (tertiary/aromatic N) is 2. The summed E-state index contributed by atoms with van der Waals surface area (Å²) in [7, 11) is 1.93. The number of allylic oxidation sites excluding steroid dienone is 2. The summed E-state index contributed by atoms with van der Waals surface area (Å²) in [5.74, 6) is 0.660. The van der Waals surface area contributed by atoms with Gasteiger partial charge < -0.3 is 0 Å². The van der Waals surface area contributed by atoms with Crippen LogP contribution in [0, 0.1) is 0 Å². The van der Waals surface area contributed by atoms with Crippen LogP contribution in [0.2, 0.25) is 0 Å². The number of rotatable bonds is 3. The summed E-state index contributed by atoms with van der Waals surface area (Å²) in [6.07, 6.45) is 4.81. The summed E-state index contributed by atoms with van der Waals surface area (Å²) in [5.41, 5.74) is 2.32. The summed E-state index contributed by atoms with van der Waals surface area (Å²) in [6, 6.07) is 0. The van der Waals surface area contributed by atoms with Crippen LogP contribution in [0.15, 0.2) is 16.7 Å². The van der Waals surface area contributed by atoms with Crippen LogP contribution in [0.5, 0.6) is 0 Å². The average molecular weight is 264 g/mol. The van der Waals surface area contributed by atoms with E-state index in [1.807, 2.05) is 11.7 Å². The van der Waals surface area contributed by atoms with Crippen molar-refractivity contribution in [2.45, 2.75) is 13.3 Å². The van der Waals surface area contributed by atoms with E-state index >= 15 is 0 Å². The van der Waals surface area contributed by atoms with Gasteiger partial charge in [-0.05, 0) is 34.8 Å². The van der Waals surface area contributed by atoms with Crippen molar-refractivity contribution in [2.75, 3.05) is 5.88 Å². The van der Waals surface area contributed by atoms with Crippen molar-refractivity contribution >= 4 is 33.1 Å². The monoisotopic (exact) mass is 262 g/mol. The lowest BCUT2D eigenvalue weighted by Gasteiger charge is -2.02. The first-order valence-corrected chi connectivity index (χ1v) is 5.40. The SMILES string of the molecule is C/C(=C\CCCl)c1c(Br)cnn1C. The van der Waals surface area contributed by atoms with Gasteiger partial charge in [0.15, 0.2) is 0 Å². The second-order valence-corrected chi connectivity index (χ2v) is 4.06. The molecule has 0 aliphatic carbocycles. The number of hydrogen-bond donors (Lipinski definition) is 0. The largest absolute Gasteiger partial charge is 0.267 e. The Kier molecular flexibility index (Phi) is 4.00. The predicted octanol–water partition coefficient (Wildman–Crippen LogP) is 3.21. The number of halogens is 2. The van der Waals surface area contributed by atoms with E-state index in [4.69, 9.17) is 11.6 Å². The number of aryl methyl sites for hydroxylation is 1. The molecule has 0 aliphatic heterocycles. The van der Waals surface area contributed by atoms with Crippen molar-refractivity contribution in [3.63, 3.8) is 0 Å². The molecular formula is C9H12BrClN2. The maximum atomic E-state index is 5.61. The Labute approximate surface area is 91.7 Å². The molecule has 0 aliphatic rings. The Hall–Kier alpha value is -0.280. The summed E-state index contributed by atoms with van der Waals surface area (Å²) in [6.45, 7) is 2.06. The van der Waals surface area contributed by atoms with Gasteiger partial charge in [-0.2, -0.15) is 5.10 Å². The maximum absolute atomic E-state index is 5.61. The Morgan fingerprint density at radius 3 is 2.92 bits per heavy atom. The first-order valence-electron chi connectivity index (χ1n) is 4.07.